The van der Waals surface area contributed by atoms with Crippen molar-refractivity contribution in [1.29, 1.82) is 0 Å². The first-order valence-electron chi connectivity index (χ1n) is 21.6. The number of aliphatic hydroxyl groups is 1. The van der Waals surface area contributed by atoms with Crippen molar-refractivity contribution < 1.29 is 41.9 Å². The Labute approximate surface area is 385 Å². The highest BCUT2D eigenvalue weighted by Crippen LogP contribution is 2.45. The van der Waals surface area contributed by atoms with Crippen LogP contribution in [0.15, 0.2) is 103 Å². The van der Waals surface area contributed by atoms with Gasteiger partial charge in [0.15, 0.2) is 6.23 Å². The van der Waals surface area contributed by atoms with Crippen LogP contribution in [0.3, 0.4) is 0 Å². The normalized spacial score (nSPS) is 16.7. The quantitative estimate of drug-likeness (QED) is 0.0560. The number of piperidine rings is 1. The number of anilines is 4. The number of hydrogen-bond donors (Lipinski definition) is 7. The van der Waals surface area contributed by atoms with Gasteiger partial charge >= 0.3 is 0 Å². The molecule has 19 heteroatoms. The van der Waals surface area contributed by atoms with Crippen molar-refractivity contribution >= 4 is 68.1 Å². The average Bonchev–Trinajstić information content (AvgIpc) is 3.56. The minimum absolute atomic E-state index is 0.0938. The molecule has 17 nitrogen and oxygen atoms in total. The van der Waals surface area contributed by atoms with Crippen molar-refractivity contribution in [2.24, 2.45) is 0 Å². The van der Waals surface area contributed by atoms with Crippen molar-refractivity contribution in [3.8, 4) is 22.3 Å². The number of aliphatic hydroxyl groups excluding tert-OH is 1. The van der Waals surface area contributed by atoms with E-state index < -0.39 is 34.0 Å². The molecule has 0 aliphatic carbocycles. The highest BCUT2D eigenvalue weighted by atomic mass is 32.2. The van der Waals surface area contributed by atoms with Crippen LogP contribution in [-0.2, 0) is 35.6 Å². The number of amides is 5. The lowest BCUT2D eigenvalue weighted by molar-refractivity contribution is -0.139. The number of halogens is 1. The first-order valence-corrected chi connectivity index (χ1v) is 23.1. The van der Waals surface area contributed by atoms with Crippen molar-refractivity contribution in [2.75, 3.05) is 47.4 Å². The summed E-state index contributed by atoms with van der Waals surface area (Å²) in [4.78, 5) is 69.2. The maximum Gasteiger partial charge on any atom is 0.261 e. The molecule has 0 radical (unpaired) electrons. The predicted octanol–water partition coefficient (Wildman–Crippen LogP) is 4.67. The van der Waals surface area contributed by atoms with Gasteiger partial charge in [0.05, 0.1) is 17.1 Å². The van der Waals surface area contributed by atoms with Gasteiger partial charge in [0.2, 0.25) is 23.6 Å². The molecule has 3 aliphatic heterocycles. The number of benzene rings is 4. The van der Waals surface area contributed by atoms with Crippen molar-refractivity contribution in [3.63, 3.8) is 0 Å². The smallest absolute Gasteiger partial charge is 0.261 e. The van der Waals surface area contributed by atoms with Gasteiger partial charge < -0.3 is 36.6 Å². The number of nitrogens with one attached hydrogen (secondary N) is 5. The van der Waals surface area contributed by atoms with Crippen molar-refractivity contribution in [3.05, 3.63) is 126 Å². The molecule has 1 aromatic heterocycles. The summed E-state index contributed by atoms with van der Waals surface area (Å²) in [6.45, 7) is 4.82. The molecule has 5 aromatic rings. The van der Waals surface area contributed by atoms with Crippen LogP contribution < -0.4 is 36.6 Å². The van der Waals surface area contributed by atoms with Crippen LogP contribution in [0.5, 0.6) is 0 Å². The number of pyridine rings is 1. The Morgan fingerprint density at radius 3 is 2.55 bits per heavy atom. The van der Waals surface area contributed by atoms with Gasteiger partial charge in [0, 0.05) is 89.6 Å². The summed E-state index contributed by atoms with van der Waals surface area (Å²) < 4.78 is 45.1. The fourth-order valence-corrected chi connectivity index (χ4v) is 9.57. The van der Waals surface area contributed by atoms with Gasteiger partial charge in [-0.25, -0.2) is 17.8 Å². The molecular weight excluding hydrogens is 882 g/mol. The standard InChI is InChI=1S/C48H48FN9O8S/c1-27-44-36(48(64)58(27)40-16-17-41(59)55-47(40)63)9-6-10-39(44)53-26-42(60)51-19-4-3-11-43(61)57(2)32-8-5-7-31(23-32)56-67(65,66)33-13-15-34(38(49)24-33)30-22-37(45(50)54-25-30)28-12-14-35-29(21-28)18-20-52-46(35)62/h5-10,12-15,21-25,40,48,53,56,64H,1,3-4,11,16-20,26H2,2H3,(H2,50,54)(H,51,60)(H,52,62)(H,55,59,63). The van der Waals surface area contributed by atoms with E-state index in [4.69, 9.17) is 5.73 Å². The van der Waals surface area contributed by atoms with Crippen LogP contribution in [0.2, 0.25) is 0 Å². The third-order valence-electron chi connectivity index (χ3n) is 12.0. The number of sulfonamides is 1. The Bertz CT molecular complexity index is 2960. The monoisotopic (exact) mass is 929 g/mol. The zero-order valence-electron chi connectivity index (χ0n) is 36.4. The molecule has 1 saturated heterocycles. The number of nitrogen functional groups attached to an aromatic ring is 1. The second-order valence-corrected chi connectivity index (χ2v) is 18.1. The van der Waals surface area contributed by atoms with E-state index in [2.05, 4.69) is 37.6 Å². The summed E-state index contributed by atoms with van der Waals surface area (Å²) in [5, 5.41) is 22.1. The molecule has 1 fully saturated rings. The van der Waals surface area contributed by atoms with Crippen molar-refractivity contribution in [1.82, 2.24) is 25.8 Å². The molecule has 67 heavy (non-hydrogen) atoms. The zero-order valence-corrected chi connectivity index (χ0v) is 37.2. The minimum atomic E-state index is -4.27. The molecule has 0 spiro atoms. The number of aromatic nitrogens is 1. The third-order valence-corrected chi connectivity index (χ3v) is 13.4. The zero-order chi connectivity index (χ0) is 47.6. The number of imide groups is 1. The van der Waals surface area contributed by atoms with Gasteiger partial charge in [-0.2, -0.15) is 0 Å². The molecule has 8 rings (SSSR count). The summed E-state index contributed by atoms with van der Waals surface area (Å²) in [7, 11) is -2.71. The number of fused-ring (bicyclic) bond motifs is 2. The molecule has 8 N–H and O–H groups in total. The highest BCUT2D eigenvalue weighted by molar-refractivity contribution is 7.92. The van der Waals surface area contributed by atoms with E-state index in [0.717, 1.165) is 11.6 Å². The summed E-state index contributed by atoms with van der Waals surface area (Å²) in [5.74, 6) is -2.17. The molecular formula is C48H48FN9O8S. The molecule has 4 aromatic carbocycles. The number of rotatable bonds is 15. The second-order valence-electron chi connectivity index (χ2n) is 16.4. The van der Waals surface area contributed by atoms with Crippen LogP contribution in [0.1, 0.15) is 65.4 Å². The number of nitrogens with two attached hydrogens (primary N) is 1. The number of carbonyl (C=O) groups is 5. The molecule has 0 saturated carbocycles. The second kappa shape index (κ2) is 19.1. The predicted molar refractivity (Wildman–Crippen MR) is 250 cm³/mol. The van der Waals surface area contributed by atoms with Gasteiger partial charge in [-0.15, -0.1) is 0 Å². The summed E-state index contributed by atoms with van der Waals surface area (Å²) >= 11 is 0. The Morgan fingerprint density at radius 1 is 0.970 bits per heavy atom. The lowest BCUT2D eigenvalue weighted by Gasteiger charge is -2.34. The summed E-state index contributed by atoms with van der Waals surface area (Å²) in [6.07, 6.45) is 2.37. The van der Waals surface area contributed by atoms with Gasteiger partial charge in [-0.1, -0.05) is 43.0 Å². The number of nitrogens with zero attached hydrogens (tertiary/aromatic N) is 3. The van der Waals surface area contributed by atoms with Gasteiger partial charge in [0.1, 0.15) is 17.7 Å². The SMILES string of the molecule is C=C1c2c(NCC(=O)NCCCCC(=O)N(C)c3cccc(NS(=O)(=O)c4ccc(-c5cnc(N)c(-c6ccc7c(c6)CCNC7=O)c5)c(F)c4)c3)cccc2C(O)N1C1CCC(=O)NC1=O. The van der Waals surface area contributed by atoms with E-state index in [-0.39, 0.29) is 71.4 Å². The lowest BCUT2D eigenvalue weighted by atomic mass is 9.94. The van der Waals surface area contributed by atoms with E-state index in [1.807, 2.05) is 6.07 Å². The summed E-state index contributed by atoms with van der Waals surface area (Å²) in [5.41, 5.74) is 12.0. The van der Waals surface area contributed by atoms with E-state index in [9.17, 15) is 37.5 Å². The Morgan fingerprint density at radius 2 is 1.76 bits per heavy atom. The van der Waals surface area contributed by atoms with Crippen LogP contribution in [-0.4, -0.2) is 85.7 Å². The van der Waals surface area contributed by atoms with E-state index in [1.165, 1.54) is 40.3 Å². The molecule has 5 amide bonds. The molecule has 3 aliphatic rings. The fraction of sp³-hybridized carbons (Fsp3) is 0.250. The maximum absolute atomic E-state index is 15.7. The van der Waals surface area contributed by atoms with E-state index in [0.29, 0.717) is 82.8 Å². The van der Waals surface area contributed by atoms with Crippen LogP contribution >= 0.6 is 0 Å². The van der Waals surface area contributed by atoms with E-state index in [1.54, 1.807) is 55.6 Å². The van der Waals surface area contributed by atoms with Gasteiger partial charge in [-0.05, 0) is 85.3 Å². The Balaban J connectivity index is 0.812. The third kappa shape index (κ3) is 9.68. The van der Waals surface area contributed by atoms with E-state index >= 15 is 4.39 Å². The Hall–Kier alpha value is -7.64. The fourth-order valence-electron chi connectivity index (χ4n) is 8.50. The molecule has 4 heterocycles. The number of unbranched alkanes of at least 4 members (excludes halogenated alkanes) is 1. The molecule has 2 unspecified atom stereocenters. The first-order chi connectivity index (χ1) is 32.1. The maximum atomic E-state index is 15.7. The van der Waals surface area contributed by atoms with Crippen molar-refractivity contribution in [2.45, 2.75) is 55.7 Å². The molecule has 0 bridgehead atoms. The van der Waals surface area contributed by atoms with Crippen LogP contribution in [0.25, 0.3) is 28.0 Å². The minimum Gasteiger partial charge on any atom is -0.383 e. The topological polar surface area (TPSA) is 245 Å². The first kappa shape index (κ1) is 45.9. The lowest BCUT2D eigenvalue weighted by Crippen LogP contribution is -2.51. The molecule has 2 atom stereocenters. The number of hydrogen-bond acceptors (Lipinski definition) is 12. The number of carbonyl (C=O) groups excluding carboxylic acids is 5. The highest BCUT2D eigenvalue weighted by Gasteiger charge is 2.42. The molecule has 346 valence electrons. The average molecular weight is 930 g/mol. The van der Waals surface area contributed by atoms with Crippen LogP contribution in [0.4, 0.5) is 27.3 Å². The Kier molecular flexibility index (Phi) is 13.1. The summed E-state index contributed by atoms with van der Waals surface area (Å²) in [6, 6.07) is 21.2. The van der Waals surface area contributed by atoms with Gasteiger partial charge in [-0.3, -0.25) is 34.0 Å². The largest absolute Gasteiger partial charge is 0.383 e. The van der Waals surface area contributed by atoms with Crippen LogP contribution in [0, 0.1) is 5.82 Å². The van der Waals surface area contributed by atoms with Gasteiger partial charge in [0.25, 0.3) is 15.9 Å².